The minimum Gasteiger partial charge on any atom is -0.492 e. The van der Waals surface area contributed by atoms with Crippen LogP contribution in [0.2, 0.25) is 0 Å². The van der Waals surface area contributed by atoms with Crippen molar-refractivity contribution in [3.63, 3.8) is 0 Å². The summed E-state index contributed by atoms with van der Waals surface area (Å²) in [6, 6.07) is 12.5. The van der Waals surface area contributed by atoms with Gasteiger partial charge >= 0.3 is 0 Å². The van der Waals surface area contributed by atoms with Crippen molar-refractivity contribution in [2.45, 2.75) is 62.9 Å². The van der Waals surface area contributed by atoms with Gasteiger partial charge in [-0.15, -0.1) is 0 Å². The van der Waals surface area contributed by atoms with E-state index in [1.807, 2.05) is 17.0 Å². The van der Waals surface area contributed by atoms with Crippen LogP contribution in [0.4, 0.5) is 0 Å². The minimum atomic E-state index is -0.259. The average Bonchev–Trinajstić information content (AvgIpc) is 3.18. The molecular formula is C23H31N3O2S. The monoisotopic (exact) mass is 413 g/mol. The SMILES string of the molecule is CCN(C(=O)c1cc2c([nH]1)CCCO2)[C@H]1CCCC(S)(NCc2ccccc2)C1. The van der Waals surface area contributed by atoms with Crippen LogP contribution in [-0.2, 0) is 13.0 Å². The van der Waals surface area contributed by atoms with Crippen LogP contribution in [0.15, 0.2) is 36.4 Å². The van der Waals surface area contributed by atoms with Gasteiger partial charge in [-0.1, -0.05) is 30.3 Å². The zero-order chi connectivity index (χ0) is 20.3. The Balaban J connectivity index is 1.44. The Bertz CT molecular complexity index is 814. The number of aromatic amines is 1. The van der Waals surface area contributed by atoms with E-state index in [-0.39, 0.29) is 16.8 Å². The van der Waals surface area contributed by atoms with E-state index in [0.29, 0.717) is 12.2 Å². The molecule has 2 atom stereocenters. The van der Waals surface area contributed by atoms with E-state index in [1.54, 1.807) is 0 Å². The number of thiol groups is 1. The van der Waals surface area contributed by atoms with E-state index < -0.39 is 0 Å². The number of rotatable bonds is 6. The maximum absolute atomic E-state index is 13.3. The summed E-state index contributed by atoms with van der Waals surface area (Å²) in [5.74, 6) is 0.906. The van der Waals surface area contributed by atoms with Crippen molar-refractivity contribution in [2.75, 3.05) is 13.2 Å². The van der Waals surface area contributed by atoms with Crippen molar-refractivity contribution in [3.05, 3.63) is 53.3 Å². The van der Waals surface area contributed by atoms with Crippen LogP contribution in [0, 0.1) is 0 Å². The summed E-state index contributed by atoms with van der Waals surface area (Å²) >= 11 is 5.01. The first kappa shape index (κ1) is 20.4. The second kappa shape index (κ2) is 8.84. The van der Waals surface area contributed by atoms with Crippen molar-refractivity contribution in [1.29, 1.82) is 0 Å². The van der Waals surface area contributed by atoms with Crippen molar-refractivity contribution in [3.8, 4) is 5.75 Å². The first-order chi connectivity index (χ1) is 14.1. The van der Waals surface area contributed by atoms with Crippen LogP contribution >= 0.6 is 12.6 Å². The van der Waals surface area contributed by atoms with Crippen LogP contribution in [0.25, 0.3) is 0 Å². The molecule has 1 fully saturated rings. The largest absolute Gasteiger partial charge is 0.492 e. The lowest BCUT2D eigenvalue weighted by Gasteiger charge is -2.42. The van der Waals surface area contributed by atoms with Gasteiger partial charge in [-0.05, 0) is 51.0 Å². The number of amides is 1. The molecule has 156 valence electrons. The number of aryl methyl sites for hydroxylation is 1. The molecule has 2 aliphatic rings. The average molecular weight is 414 g/mol. The van der Waals surface area contributed by atoms with Crippen LogP contribution in [-0.4, -0.2) is 39.9 Å². The smallest absolute Gasteiger partial charge is 0.270 e. The third kappa shape index (κ3) is 4.64. The summed E-state index contributed by atoms with van der Waals surface area (Å²) in [6.45, 7) is 4.27. The van der Waals surface area contributed by atoms with Crippen LogP contribution < -0.4 is 10.1 Å². The quantitative estimate of drug-likeness (QED) is 0.492. The number of ether oxygens (including phenoxy) is 1. The third-order valence-corrected chi connectivity index (χ3v) is 6.69. The fraction of sp³-hybridized carbons (Fsp3) is 0.522. The molecule has 1 aliphatic carbocycles. The predicted molar refractivity (Wildman–Crippen MR) is 119 cm³/mol. The number of carbonyl (C=O) groups is 1. The minimum absolute atomic E-state index is 0.0659. The summed E-state index contributed by atoms with van der Waals surface area (Å²) in [5.41, 5.74) is 2.95. The van der Waals surface area contributed by atoms with E-state index in [2.05, 4.69) is 41.5 Å². The second-order valence-corrected chi connectivity index (χ2v) is 9.05. The Labute approximate surface area is 178 Å². The maximum atomic E-state index is 13.3. The van der Waals surface area contributed by atoms with Gasteiger partial charge in [-0.3, -0.25) is 10.1 Å². The van der Waals surface area contributed by atoms with Crippen LogP contribution in [0.5, 0.6) is 5.75 Å². The molecule has 6 heteroatoms. The molecule has 0 radical (unpaired) electrons. The standard InChI is InChI=1S/C23H31N3O2S/c1-2-26(22(27)20-14-21-19(25-20)11-7-13-28-21)18-10-6-12-23(29,15-18)24-16-17-8-4-3-5-9-17/h3-5,8-9,14,18,24-25,29H,2,6-7,10-13,15-16H2,1H3/t18-,23?/m0/s1. The van der Waals surface area contributed by atoms with Gasteiger partial charge in [0.05, 0.1) is 17.2 Å². The number of benzene rings is 1. The molecule has 1 aromatic carbocycles. The fourth-order valence-corrected chi connectivity index (χ4v) is 5.02. The highest BCUT2D eigenvalue weighted by atomic mass is 32.1. The predicted octanol–water partition coefficient (Wildman–Crippen LogP) is 4.16. The molecule has 29 heavy (non-hydrogen) atoms. The van der Waals surface area contributed by atoms with Crippen molar-refractivity contribution in [1.82, 2.24) is 15.2 Å². The highest BCUT2D eigenvalue weighted by Crippen LogP contribution is 2.35. The van der Waals surface area contributed by atoms with Crippen molar-refractivity contribution >= 4 is 18.5 Å². The highest BCUT2D eigenvalue weighted by Gasteiger charge is 2.37. The maximum Gasteiger partial charge on any atom is 0.270 e. The first-order valence-electron chi connectivity index (χ1n) is 10.7. The van der Waals surface area contributed by atoms with Gasteiger partial charge in [-0.2, -0.15) is 12.6 Å². The number of hydrogen-bond donors (Lipinski definition) is 3. The molecule has 1 saturated carbocycles. The zero-order valence-corrected chi connectivity index (χ0v) is 18.0. The number of nitrogens with one attached hydrogen (secondary N) is 2. The molecule has 5 nitrogen and oxygen atoms in total. The Morgan fingerprint density at radius 2 is 2.17 bits per heavy atom. The van der Waals surface area contributed by atoms with E-state index in [9.17, 15) is 4.79 Å². The lowest BCUT2D eigenvalue weighted by atomic mass is 9.88. The molecule has 2 heterocycles. The van der Waals surface area contributed by atoms with Crippen molar-refractivity contribution in [2.24, 2.45) is 0 Å². The number of nitrogens with zero attached hydrogens (tertiary/aromatic N) is 1. The Morgan fingerprint density at radius 1 is 1.34 bits per heavy atom. The molecule has 4 rings (SSSR count). The molecule has 0 saturated heterocycles. The number of hydrogen-bond acceptors (Lipinski definition) is 4. The summed E-state index contributed by atoms with van der Waals surface area (Å²) in [7, 11) is 0. The molecule has 0 bridgehead atoms. The highest BCUT2D eigenvalue weighted by molar-refractivity contribution is 7.81. The molecule has 1 unspecified atom stereocenters. The fourth-order valence-electron chi connectivity index (χ4n) is 4.57. The lowest BCUT2D eigenvalue weighted by Crippen LogP contribution is -2.51. The number of aromatic nitrogens is 1. The summed E-state index contributed by atoms with van der Waals surface area (Å²) in [5, 5.41) is 3.64. The molecule has 1 amide bonds. The normalized spacial score (nSPS) is 23.9. The van der Waals surface area contributed by atoms with E-state index in [0.717, 1.165) is 63.1 Å². The Hall–Kier alpha value is -1.92. The van der Waals surface area contributed by atoms with Gasteiger partial charge < -0.3 is 14.6 Å². The summed E-state index contributed by atoms with van der Waals surface area (Å²) in [4.78, 5) is 18.3. The zero-order valence-electron chi connectivity index (χ0n) is 17.1. The van der Waals surface area contributed by atoms with Crippen molar-refractivity contribution < 1.29 is 9.53 Å². The van der Waals surface area contributed by atoms with Gasteiger partial charge in [0.15, 0.2) is 0 Å². The van der Waals surface area contributed by atoms with E-state index >= 15 is 0 Å². The lowest BCUT2D eigenvalue weighted by molar-refractivity contribution is 0.0611. The summed E-state index contributed by atoms with van der Waals surface area (Å²) < 4.78 is 5.70. The van der Waals surface area contributed by atoms with Gasteiger partial charge in [0.2, 0.25) is 0 Å². The molecule has 2 N–H and O–H groups in total. The molecular weight excluding hydrogens is 382 g/mol. The van der Waals surface area contributed by atoms with Gasteiger partial charge in [0, 0.05) is 25.2 Å². The molecule has 1 aromatic heterocycles. The van der Waals surface area contributed by atoms with E-state index in [4.69, 9.17) is 17.4 Å². The van der Waals surface area contributed by atoms with Crippen LogP contribution in [0.1, 0.15) is 60.8 Å². The summed E-state index contributed by atoms with van der Waals surface area (Å²) in [6.07, 6.45) is 5.88. The number of fused-ring (bicyclic) bond motifs is 1. The second-order valence-electron chi connectivity index (χ2n) is 8.19. The van der Waals surface area contributed by atoms with Gasteiger partial charge in [-0.25, -0.2) is 0 Å². The number of carbonyl (C=O) groups excluding carboxylic acids is 1. The van der Waals surface area contributed by atoms with Gasteiger partial charge in [0.25, 0.3) is 5.91 Å². The van der Waals surface area contributed by atoms with Crippen LogP contribution in [0.3, 0.4) is 0 Å². The van der Waals surface area contributed by atoms with E-state index in [1.165, 1.54) is 5.56 Å². The molecule has 0 spiro atoms. The third-order valence-electron chi connectivity index (χ3n) is 6.13. The Morgan fingerprint density at radius 3 is 2.93 bits per heavy atom. The first-order valence-corrected chi connectivity index (χ1v) is 11.2. The van der Waals surface area contributed by atoms with Gasteiger partial charge in [0.1, 0.15) is 11.4 Å². The molecule has 1 aliphatic heterocycles. The molecule has 2 aromatic rings. The topological polar surface area (TPSA) is 57.4 Å². The number of H-pyrrole nitrogens is 1. The Kier molecular flexibility index (Phi) is 6.20.